The molecule has 1 heterocycles. The second-order valence-corrected chi connectivity index (χ2v) is 4.92. The van der Waals surface area contributed by atoms with E-state index in [1.807, 2.05) is 7.05 Å². The van der Waals surface area contributed by atoms with Crippen LogP contribution in [0, 0.1) is 5.92 Å². The molecule has 2 rings (SSSR count). The van der Waals surface area contributed by atoms with Crippen LogP contribution < -0.4 is 16.0 Å². The highest BCUT2D eigenvalue weighted by molar-refractivity contribution is 5.81. The Labute approximate surface area is 107 Å². The number of carbonyl (C=O) groups excluding carboxylic acids is 2. The first kappa shape index (κ1) is 13.3. The molecule has 1 aliphatic carbocycles. The van der Waals surface area contributed by atoms with Crippen molar-refractivity contribution < 1.29 is 14.3 Å². The smallest absolute Gasteiger partial charge is 0.227 e. The molecule has 6 heteroatoms. The zero-order valence-electron chi connectivity index (χ0n) is 10.7. The van der Waals surface area contributed by atoms with Gasteiger partial charge in [-0.2, -0.15) is 0 Å². The second kappa shape index (κ2) is 6.15. The molecule has 2 atom stereocenters. The molecule has 0 aromatic carbocycles. The van der Waals surface area contributed by atoms with E-state index in [0.29, 0.717) is 32.2 Å². The molecule has 3 N–H and O–H groups in total. The highest BCUT2D eigenvalue weighted by Gasteiger charge is 2.32. The normalized spacial score (nSPS) is 26.9. The molecule has 0 radical (unpaired) electrons. The van der Waals surface area contributed by atoms with Crippen molar-refractivity contribution in [2.75, 3.05) is 26.8 Å². The lowest BCUT2D eigenvalue weighted by atomic mass is 10.0. The Morgan fingerprint density at radius 3 is 2.72 bits per heavy atom. The SMILES string of the molecule is CNC1COCC1C(=O)NCCC(=O)NC1CC1. The Kier molecular flexibility index (Phi) is 4.54. The van der Waals surface area contributed by atoms with Crippen LogP contribution in [0.25, 0.3) is 0 Å². The molecular formula is C12H21N3O3. The van der Waals surface area contributed by atoms with E-state index in [-0.39, 0.29) is 23.8 Å². The highest BCUT2D eigenvalue weighted by atomic mass is 16.5. The van der Waals surface area contributed by atoms with Gasteiger partial charge in [-0.1, -0.05) is 0 Å². The maximum absolute atomic E-state index is 11.9. The van der Waals surface area contributed by atoms with Crippen molar-refractivity contribution in [1.29, 1.82) is 0 Å². The van der Waals surface area contributed by atoms with Crippen LogP contribution in [0.4, 0.5) is 0 Å². The number of hydrogen-bond acceptors (Lipinski definition) is 4. The topological polar surface area (TPSA) is 79.5 Å². The van der Waals surface area contributed by atoms with Crippen LogP contribution in [0.15, 0.2) is 0 Å². The average molecular weight is 255 g/mol. The van der Waals surface area contributed by atoms with E-state index in [9.17, 15) is 9.59 Å². The third-order valence-corrected chi connectivity index (χ3v) is 3.38. The van der Waals surface area contributed by atoms with Crippen molar-refractivity contribution in [1.82, 2.24) is 16.0 Å². The molecule has 102 valence electrons. The summed E-state index contributed by atoms with van der Waals surface area (Å²) in [5.74, 6) is -0.168. The fourth-order valence-electron chi connectivity index (χ4n) is 2.06. The maximum Gasteiger partial charge on any atom is 0.227 e. The van der Waals surface area contributed by atoms with Gasteiger partial charge in [0.2, 0.25) is 11.8 Å². The minimum atomic E-state index is -0.151. The summed E-state index contributed by atoms with van der Waals surface area (Å²) in [6, 6.07) is 0.454. The van der Waals surface area contributed by atoms with Gasteiger partial charge in [-0.05, 0) is 19.9 Å². The van der Waals surface area contributed by atoms with Crippen LogP contribution in [0.1, 0.15) is 19.3 Å². The molecule has 2 amide bonds. The molecule has 18 heavy (non-hydrogen) atoms. The zero-order valence-corrected chi connectivity index (χ0v) is 10.7. The van der Waals surface area contributed by atoms with Crippen molar-refractivity contribution in [2.45, 2.75) is 31.3 Å². The first-order valence-corrected chi connectivity index (χ1v) is 6.53. The van der Waals surface area contributed by atoms with Crippen molar-refractivity contribution in [3.63, 3.8) is 0 Å². The van der Waals surface area contributed by atoms with Crippen LogP contribution in [0.3, 0.4) is 0 Å². The number of nitrogens with one attached hydrogen (secondary N) is 3. The molecule has 0 aromatic rings. The van der Waals surface area contributed by atoms with Gasteiger partial charge in [-0.3, -0.25) is 9.59 Å². The third kappa shape index (κ3) is 3.68. The van der Waals surface area contributed by atoms with E-state index < -0.39 is 0 Å². The van der Waals surface area contributed by atoms with E-state index in [2.05, 4.69) is 16.0 Å². The summed E-state index contributed by atoms with van der Waals surface area (Å²) in [7, 11) is 1.82. The van der Waals surface area contributed by atoms with Crippen LogP contribution in [0.5, 0.6) is 0 Å². The number of rotatable bonds is 6. The number of amides is 2. The molecule has 0 spiro atoms. The largest absolute Gasteiger partial charge is 0.379 e. The van der Waals surface area contributed by atoms with Gasteiger partial charge in [-0.25, -0.2) is 0 Å². The summed E-state index contributed by atoms with van der Waals surface area (Å²) in [6.07, 6.45) is 2.52. The standard InChI is InChI=1S/C12H21N3O3/c1-13-10-7-18-6-9(10)12(17)14-5-4-11(16)15-8-2-3-8/h8-10,13H,2-7H2,1H3,(H,14,17)(H,15,16). The van der Waals surface area contributed by atoms with Crippen LogP contribution in [0.2, 0.25) is 0 Å². The van der Waals surface area contributed by atoms with Gasteiger partial charge in [0.1, 0.15) is 0 Å². The average Bonchev–Trinajstić information content (AvgIpc) is 3.02. The molecule has 1 saturated heterocycles. The summed E-state index contributed by atoms with van der Waals surface area (Å²) < 4.78 is 5.27. The Morgan fingerprint density at radius 1 is 1.28 bits per heavy atom. The van der Waals surface area contributed by atoms with Crippen molar-refractivity contribution in [3.8, 4) is 0 Å². The molecule has 1 saturated carbocycles. The molecule has 1 aliphatic heterocycles. The predicted octanol–water partition coefficient (Wildman–Crippen LogP) is -0.994. The van der Waals surface area contributed by atoms with Gasteiger partial charge in [0.25, 0.3) is 0 Å². The molecular weight excluding hydrogens is 234 g/mol. The summed E-state index contributed by atoms with van der Waals surface area (Å²) in [4.78, 5) is 23.3. The molecule has 0 aromatic heterocycles. The second-order valence-electron chi connectivity index (χ2n) is 4.92. The summed E-state index contributed by atoms with van der Waals surface area (Å²) in [6.45, 7) is 1.41. The fourth-order valence-corrected chi connectivity index (χ4v) is 2.06. The summed E-state index contributed by atoms with van der Waals surface area (Å²) in [5, 5.41) is 8.75. The lowest BCUT2D eigenvalue weighted by molar-refractivity contribution is -0.125. The van der Waals surface area contributed by atoms with Crippen molar-refractivity contribution in [2.24, 2.45) is 5.92 Å². The van der Waals surface area contributed by atoms with E-state index in [1.54, 1.807) is 0 Å². The quantitative estimate of drug-likeness (QED) is 0.569. The lowest BCUT2D eigenvalue weighted by Crippen LogP contribution is -2.43. The van der Waals surface area contributed by atoms with E-state index in [0.717, 1.165) is 12.8 Å². The zero-order chi connectivity index (χ0) is 13.0. The monoisotopic (exact) mass is 255 g/mol. The van der Waals surface area contributed by atoms with Gasteiger partial charge in [-0.15, -0.1) is 0 Å². The first-order chi connectivity index (χ1) is 8.70. The van der Waals surface area contributed by atoms with Gasteiger partial charge in [0.15, 0.2) is 0 Å². The Balaban J connectivity index is 1.63. The van der Waals surface area contributed by atoms with Crippen LogP contribution in [-0.2, 0) is 14.3 Å². The predicted molar refractivity (Wildman–Crippen MR) is 65.9 cm³/mol. The van der Waals surface area contributed by atoms with Crippen molar-refractivity contribution >= 4 is 11.8 Å². The lowest BCUT2D eigenvalue weighted by Gasteiger charge is -2.16. The van der Waals surface area contributed by atoms with Gasteiger partial charge in [0.05, 0.1) is 19.1 Å². The third-order valence-electron chi connectivity index (χ3n) is 3.38. The van der Waals surface area contributed by atoms with Gasteiger partial charge >= 0.3 is 0 Å². The van der Waals surface area contributed by atoms with Gasteiger partial charge < -0.3 is 20.7 Å². The van der Waals surface area contributed by atoms with Crippen LogP contribution >= 0.6 is 0 Å². The molecule has 2 aliphatic rings. The number of likely N-dealkylation sites (N-methyl/N-ethyl adjacent to an activating group) is 1. The summed E-state index contributed by atoms with van der Waals surface area (Å²) in [5.41, 5.74) is 0. The van der Waals surface area contributed by atoms with Crippen molar-refractivity contribution in [3.05, 3.63) is 0 Å². The molecule has 2 unspecified atom stereocenters. The number of ether oxygens (including phenoxy) is 1. The first-order valence-electron chi connectivity index (χ1n) is 6.53. The van der Waals surface area contributed by atoms with E-state index in [4.69, 9.17) is 4.74 Å². The van der Waals surface area contributed by atoms with Crippen LogP contribution in [-0.4, -0.2) is 50.7 Å². The Morgan fingerprint density at radius 2 is 2.06 bits per heavy atom. The molecule has 2 fully saturated rings. The number of hydrogen-bond donors (Lipinski definition) is 3. The Bertz CT molecular complexity index is 318. The fraction of sp³-hybridized carbons (Fsp3) is 0.833. The van der Waals surface area contributed by atoms with Gasteiger partial charge in [0, 0.05) is 25.0 Å². The summed E-state index contributed by atoms with van der Waals surface area (Å²) >= 11 is 0. The minimum absolute atomic E-state index is 0.0191. The Hall–Kier alpha value is -1.14. The number of carbonyl (C=O) groups is 2. The molecule has 6 nitrogen and oxygen atoms in total. The van der Waals surface area contributed by atoms with E-state index >= 15 is 0 Å². The van der Waals surface area contributed by atoms with E-state index in [1.165, 1.54) is 0 Å². The molecule has 0 bridgehead atoms. The minimum Gasteiger partial charge on any atom is -0.379 e. The highest BCUT2D eigenvalue weighted by Crippen LogP contribution is 2.18. The maximum atomic E-state index is 11.9.